The molecule has 0 aliphatic heterocycles. The lowest BCUT2D eigenvalue weighted by molar-refractivity contribution is -0.129. The van der Waals surface area contributed by atoms with E-state index in [-0.39, 0.29) is 5.91 Å². The fraction of sp³-hybridized carbons (Fsp3) is 0.462. The van der Waals surface area contributed by atoms with Crippen LogP contribution in [0.15, 0.2) is 28.7 Å². The molecule has 0 aliphatic rings. The molecule has 0 heterocycles. The van der Waals surface area contributed by atoms with Gasteiger partial charge in [0.2, 0.25) is 5.91 Å². The highest BCUT2D eigenvalue weighted by molar-refractivity contribution is 9.10. The monoisotopic (exact) mass is 298 g/mol. The van der Waals surface area contributed by atoms with Crippen molar-refractivity contribution in [2.24, 2.45) is 0 Å². The van der Waals surface area contributed by atoms with Crippen molar-refractivity contribution in [3.63, 3.8) is 0 Å². The number of carbonyl (C=O) groups excluding carboxylic acids is 1. The summed E-state index contributed by atoms with van der Waals surface area (Å²) in [5.41, 5.74) is 1.18. The summed E-state index contributed by atoms with van der Waals surface area (Å²) in [6.45, 7) is 1.59. The first-order chi connectivity index (χ1) is 8.15. The standard InChI is InChI=1S/C13H19BrN2O/c1-15-9-10-16(2)13(17)8-7-11-5-3-4-6-12(11)14/h3-6,15H,7-10H2,1-2H3. The maximum atomic E-state index is 11.8. The number of rotatable bonds is 6. The van der Waals surface area contributed by atoms with Gasteiger partial charge in [-0.3, -0.25) is 4.79 Å². The molecule has 3 nitrogen and oxygen atoms in total. The highest BCUT2D eigenvalue weighted by Gasteiger charge is 2.08. The van der Waals surface area contributed by atoms with Gasteiger partial charge in [-0.1, -0.05) is 34.1 Å². The van der Waals surface area contributed by atoms with E-state index in [4.69, 9.17) is 0 Å². The number of carbonyl (C=O) groups is 1. The molecule has 0 bridgehead atoms. The van der Waals surface area contributed by atoms with Crippen molar-refractivity contribution in [1.82, 2.24) is 10.2 Å². The Morgan fingerprint density at radius 2 is 2.12 bits per heavy atom. The molecule has 17 heavy (non-hydrogen) atoms. The molecule has 0 unspecified atom stereocenters. The smallest absolute Gasteiger partial charge is 0.222 e. The second-order valence-corrected chi connectivity index (χ2v) is 4.86. The number of halogens is 1. The third-order valence-electron chi connectivity index (χ3n) is 2.69. The zero-order valence-electron chi connectivity index (χ0n) is 10.4. The first kappa shape index (κ1) is 14.2. The summed E-state index contributed by atoms with van der Waals surface area (Å²) in [6, 6.07) is 8.03. The average molecular weight is 299 g/mol. The van der Waals surface area contributed by atoms with Crippen molar-refractivity contribution in [3.8, 4) is 0 Å². The van der Waals surface area contributed by atoms with Crippen LogP contribution < -0.4 is 5.32 Å². The van der Waals surface area contributed by atoms with Gasteiger partial charge in [-0.2, -0.15) is 0 Å². The van der Waals surface area contributed by atoms with E-state index in [1.165, 1.54) is 5.56 Å². The highest BCUT2D eigenvalue weighted by Crippen LogP contribution is 2.17. The van der Waals surface area contributed by atoms with Gasteiger partial charge in [-0.05, 0) is 25.1 Å². The normalized spacial score (nSPS) is 10.3. The zero-order valence-corrected chi connectivity index (χ0v) is 12.0. The van der Waals surface area contributed by atoms with Crippen molar-refractivity contribution < 1.29 is 4.79 Å². The quantitative estimate of drug-likeness (QED) is 0.872. The van der Waals surface area contributed by atoms with Crippen molar-refractivity contribution >= 4 is 21.8 Å². The predicted octanol–water partition coefficient (Wildman–Crippen LogP) is 2.06. The second-order valence-electron chi connectivity index (χ2n) is 4.01. The number of aryl methyl sites for hydroxylation is 1. The number of amides is 1. The fourth-order valence-electron chi connectivity index (χ4n) is 1.54. The van der Waals surface area contributed by atoms with Gasteiger partial charge >= 0.3 is 0 Å². The van der Waals surface area contributed by atoms with Gasteiger partial charge in [0.1, 0.15) is 0 Å². The molecule has 0 spiro atoms. The van der Waals surface area contributed by atoms with Gasteiger partial charge in [-0.15, -0.1) is 0 Å². The third kappa shape index (κ3) is 4.88. The highest BCUT2D eigenvalue weighted by atomic mass is 79.9. The van der Waals surface area contributed by atoms with Crippen LogP contribution in [0.3, 0.4) is 0 Å². The summed E-state index contributed by atoms with van der Waals surface area (Å²) in [5.74, 6) is 0.191. The SMILES string of the molecule is CNCCN(C)C(=O)CCc1ccccc1Br. The first-order valence-electron chi connectivity index (χ1n) is 5.77. The minimum Gasteiger partial charge on any atom is -0.344 e. The van der Waals surface area contributed by atoms with Gasteiger partial charge < -0.3 is 10.2 Å². The van der Waals surface area contributed by atoms with Crippen LogP contribution in [-0.4, -0.2) is 38.0 Å². The molecular weight excluding hydrogens is 280 g/mol. The Morgan fingerprint density at radius 3 is 2.76 bits per heavy atom. The largest absolute Gasteiger partial charge is 0.344 e. The van der Waals surface area contributed by atoms with Crippen LogP contribution in [0.1, 0.15) is 12.0 Å². The molecule has 1 rings (SSSR count). The van der Waals surface area contributed by atoms with E-state index in [0.717, 1.165) is 24.0 Å². The van der Waals surface area contributed by atoms with Gasteiger partial charge in [0.05, 0.1) is 0 Å². The number of nitrogens with one attached hydrogen (secondary N) is 1. The molecule has 4 heteroatoms. The first-order valence-corrected chi connectivity index (χ1v) is 6.56. The van der Waals surface area contributed by atoms with Crippen LogP contribution in [0.5, 0.6) is 0 Å². The van der Waals surface area contributed by atoms with E-state index in [9.17, 15) is 4.79 Å². The van der Waals surface area contributed by atoms with Crippen LogP contribution >= 0.6 is 15.9 Å². The minimum atomic E-state index is 0.191. The summed E-state index contributed by atoms with van der Waals surface area (Å²) in [6.07, 6.45) is 1.34. The predicted molar refractivity (Wildman–Crippen MR) is 74.0 cm³/mol. The van der Waals surface area contributed by atoms with E-state index >= 15 is 0 Å². The van der Waals surface area contributed by atoms with E-state index in [1.807, 2.05) is 38.4 Å². The molecule has 94 valence electrons. The van der Waals surface area contributed by atoms with E-state index in [1.54, 1.807) is 4.90 Å². The number of nitrogens with zero attached hydrogens (tertiary/aromatic N) is 1. The topological polar surface area (TPSA) is 32.3 Å². The molecule has 0 saturated carbocycles. The molecule has 0 fully saturated rings. The minimum absolute atomic E-state index is 0.191. The molecule has 1 aromatic rings. The summed E-state index contributed by atoms with van der Waals surface area (Å²) in [4.78, 5) is 13.6. The lowest BCUT2D eigenvalue weighted by Gasteiger charge is -2.16. The van der Waals surface area contributed by atoms with Crippen molar-refractivity contribution in [1.29, 1.82) is 0 Å². The van der Waals surface area contributed by atoms with Crippen LogP contribution in [-0.2, 0) is 11.2 Å². The zero-order chi connectivity index (χ0) is 12.7. The van der Waals surface area contributed by atoms with Gasteiger partial charge in [0, 0.05) is 31.0 Å². The molecule has 0 atom stereocenters. The Bertz CT molecular complexity index is 368. The summed E-state index contributed by atoms with van der Waals surface area (Å²) < 4.78 is 1.07. The lowest BCUT2D eigenvalue weighted by atomic mass is 10.1. The number of likely N-dealkylation sites (N-methyl/N-ethyl adjacent to an activating group) is 2. The maximum Gasteiger partial charge on any atom is 0.222 e. The van der Waals surface area contributed by atoms with Crippen LogP contribution in [0.25, 0.3) is 0 Å². The molecule has 0 aromatic heterocycles. The Kier molecular flexibility index (Phi) is 6.22. The summed E-state index contributed by atoms with van der Waals surface area (Å²) >= 11 is 3.49. The number of benzene rings is 1. The van der Waals surface area contributed by atoms with Gasteiger partial charge in [0.15, 0.2) is 0 Å². The maximum absolute atomic E-state index is 11.8. The summed E-state index contributed by atoms with van der Waals surface area (Å²) in [7, 11) is 3.74. The lowest BCUT2D eigenvalue weighted by Crippen LogP contribution is -2.32. The Labute approximate surface area is 111 Å². The number of hydrogen-bond donors (Lipinski definition) is 1. The average Bonchev–Trinajstić information content (AvgIpc) is 2.34. The fourth-order valence-corrected chi connectivity index (χ4v) is 2.02. The van der Waals surface area contributed by atoms with Crippen LogP contribution in [0.4, 0.5) is 0 Å². The molecule has 1 N–H and O–H groups in total. The van der Waals surface area contributed by atoms with Crippen molar-refractivity contribution in [2.45, 2.75) is 12.8 Å². The summed E-state index contributed by atoms with van der Waals surface area (Å²) in [5, 5.41) is 3.03. The third-order valence-corrected chi connectivity index (χ3v) is 3.46. The molecule has 0 radical (unpaired) electrons. The van der Waals surface area contributed by atoms with E-state index < -0.39 is 0 Å². The van der Waals surface area contributed by atoms with E-state index in [2.05, 4.69) is 21.2 Å². The van der Waals surface area contributed by atoms with Crippen molar-refractivity contribution in [2.75, 3.05) is 27.2 Å². The number of hydrogen-bond acceptors (Lipinski definition) is 2. The Morgan fingerprint density at radius 1 is 1.41 bits per heavy atom. The van der Waals surface area contributed by atoms with Crippen molar-refractivity contribution in [3.05, 3.63) is 34.3 Å². The molecule has 0 aliphatic carbocycles. The van der Waals surface area contributed by atoms with Gasteiger partial charge in [-0.25, -0.2) is 0 Å². The van der Waals surface area contributed by atoms with E-state index in [0.29, 0.717) is 6.42 Å². The van der Waals surface area contributed by atoms with Crippen LogP contribution in [0.2, 0.25) is 0 Å². The molecule has 1 amide bonds. The van der Waals surface area contributed by atoms with Gasteiger partial charge in [0.25, 0.3) is 0 Å². The molecular formula is C13H19BrN2O. The Hall–Kier alpha value is -0.870. The molecule has 0 saturated heterocycles. The molecule has 1 aromatic carbocycles. The Balaban J connectivity index is 2.40. The van der Waals surface area contributed by atoms with Crippen LogP contribution in [0, 0.1) is 0 Å². The second kappa shape index (κ2) is 7.45.